The van der Waals surface area contributed by atoms with Crippen molar-refractivity contribution in [1.82, 2.24) is 0 Å². The van der Waals surface area contributed by atoms with Crippen molar-refractivity contribution >= 4 is 17.4 Å². The van der Waals surface area contributed by atoms with Crippen molar-refractivity contribution in [2.75, 3.05) is 11.1 Å². The maximum Gasteiger partial charge on any atom is 0.128 e. The zero-order valence-corrected chi connectivity index (χ0v) is 12.7. The minimum absolute atomic E-state index is 0.00481. The summed E-state index contributed by atoms with van der Waals surface area (Å²) in [6.45, 7) is 4.20. The second-order valence-electron chi connectivity index (χ2n) is 4.56. The summed E-state index contributed by atoms with van der Waals surface area (Å²) < 4.78 is 13.9. The Morgan fingerprint density at radius 3 is 2.45 bits per heavy atom. The van der Waals surface area contributed by atoms with E-state index in [1.54, 1.807) is 17.8 Å². The fraction of sp³-hybridized carbons (Fsp3) is 0.294. The molecule has 1 atom stereocenters. The first-order valence-corrected chi connectivity index (χ1v) is 7.97. The highest BCUT2D eigenvalue weighted by Gasteiger charge is 2.14. The highest BCUT2D eigenvalue weighted by molar-refractivity contribution is 7.99. The van der Waals surface area contributed by atoms with E-state index in [0.717, 1.165) is 23.4 Å². The molecule has 0 fully saturated rings. The summed E-state index contributed by atoms with van der Waals surface area (Å²) in [5, 5.41) is 3.48. The molecule has 2 aromatic carbocycles. The monoisotopic (exact) mass is 289 g/mol. The van der Waals surface area contributed by atoms with Gasteiger partial charge in [-0.1, -0.05) is 44.2 Å². The molecule has 0 aliphatic rings. The van der Waals surface area contributed by atoms with Crippen LogP contribution in [-0.2, 0) is 0 Å². The lowest BCUT2D eigenvalue weighted by molar-refractivity contribution is 0.587. The van der Waals surface area contributed by atoms with E-state index in [0.29, 0.717) is 0 Å². The van der Waals surface area contributed by atoms with Crippen LogP contribution in [0.15, 0.2) is 53.4 Å². The molecule has 2 aromatic rings. The first-order chi connectivity index (χ1) is 9.76. The van der Waals surface area contributed by atoms with E-state index in [1.807, 2.05) is 24.3 Å². The number of para-hydroxylation sites is 1. The smallest absolute Gasteiger partial charge is 0.128 e. The molecule has 0 aliphatic carbocycles. The molecule has 1 nitrogen and oxygen atoms in total. The molecule has 0 saturated carbocycles. The second-order valence-corrected chi connectivity index (χ2v) is 5.86. The Labute approximate surface area is 124 Å². The number of halogens is 1. The molecule has 0 amide bonds. The van der Waals surface area contributed by atoms with Gasteiger partial charge in [-0.05, 0) is 30.4 Å². The molecule has 0 bridgehead atoms. The summed E-state index contributed by atoms with van der Waals surface area (Å²) in [7, 11) is 0. The Hall–Kier alpha value is -1.48. The number of nitrogens with one attached hydrogen (secondary N) is 1. The van der Waals surface area contributed by atoms with Crippen molar-refractivity contribution in [3.8, 4) is 0 Å². The lowest BCUT2D eigenvalue weighted by atomic mass is 10.0. The molecule has 3 heteroatoms. The molecule has 20 heavy (non-hydrogen) atoms. The largest absolute Gasteiger partial charge is 0.377 e. The summed E-state index contributed by atoms with van der Waals surface area (Å²) in [4.78, 5) is 1.21. The van der Waals surface area contributed by atoms with Gasteiger partial charge in [0.25, 0.3) is 0 Å². The molecule has 0 saturated heterocycles. The van der Waals surface area contributed by atoms with Crippen LogP contribution in [0.5, 0.6) is 0 Å². The van der Waals surface area contributed by atoms with E-state index in [-0.39, 0.29) is 11.9 Å². The van der Waals surface area contributed by atoms with Crippen LogP contribution in [0.1, 0.15) is 31.9 Å². The van der Waals surface area contributed by atoms with Crippen LogP contribution in [0.3, 0.4) is 0 Å². The van der Waals surface area contributed by atoms with Crippen LogP contribution in [-0.4, -0.2) is 5.75 Å². The highest BCUT2D eigenvalue weighted by atomic mass is 32.2. The van der Waals surface area contributed by atoms with Crippen molar-refractivity contribution in [2.45, 2.75) is 31.2 Å². The van der Waals surface area contributed by atoms with Crippen LogP contribution in [0, 0.1) is 5.82 Å². The van der Waals surface area contributed by atoms with Crippen molar-refractivity contribution in [3.63, 3.8) is 0 Å². The van der Waals surface area contributed by atoms with E-state index < -0.39 is 0 Å². The Kier molecular flexibility index (Phi) is 5.48. The number of hydrogen-bond acceptors (Lipinski definition) is 2. The summed E-state index contributed by atoms with van der Waals surface area (Å²) in [5.41, 5.74) is 1.81. The van der Waals surface area contributed by atoms with Gasteiger partial charge in [0.05, 0.1) is 6.04 Å². The third-order valence-corrected chi connectivity index (χ3v) is 4.16. The molecule has 106 valence electrons. The van der Waals surface area contributed by atoms with Gasteiger partial charge in [0, 0.05) is 16.1 Å². The van der Waals surface area contributed by atoms with E-state index in [4.69, 9.17) is 0 Å². The molecule has 1 unspecified atom stereocenters. The molecule has 2 rings (SSSR count). The lowest BCUT2D eigenvalue weighted by Crippen LogP contribution is -2.12. The van der Waals surface area contributed by atoms with Crippen LogP contribution >= 0.6 is 11.8 Å². The number of hydrogen-bond donors (Lipinski definition) is 1. The van der Waals surface area contributed by atoms with Gasteiger partial charge in [0.2, 0.25) is 0 Å². The zero-order chi connectivity index (χ0) is 14.4. The first-order valence-electron chi connectivity index (χ1n) is 6.99. The van der Waals surface area contributed by atoms with Crippen LogP contribution < -0.4 is 5.32 Å². The lowest BCUT2D eigenvalue weighted by Gasteiger charge is -2.21. The quantitative estimate of drug-likeness (QED) is 0.705. The average Bonchev–Trinajstić information content (AvgIpc) is 2.47. The molecule has 0 aromatic heterocycles. The van der Waals surface area contributed by atoms with Crippen molar-refractivity contribution in [2.24, 2.45) is 0 Å². The summed E-state index contributed by atoms with van der Waals surface area (Å²) in [6, 6.07) is 15.2. The van der Waals surface area contributed by atoms with Gasteiger partial charge in [0.15, 0.2) is 0 Å². The second kappa shape index (κ2) is 7.34. The van der Waals surface area contributed by atoms with Crippen molar-refractivity contribution in [3.05, 3.63) is 59.9 Å². The fourth-order valence-corrected chi connectivity index (χ4v) is 2.98. The van der Waals surface area contributed by atoms with Gasteiger partial charge in [0.1, 0.15) is 5.82 Å². The Bertz CT molecular complexity index is 556. The van der Waals surface area contributed by atoms with Crippen molar-refractivity contribution in [1.29, 1.82) is 0 Å². The number of rotatable bonds is 6. The number of anilines is 1. The van der Waals surface area contributed by atoms with Gasteiger partial charge in [-0.3, -0.25) is 0 Å². The van der Waals surface area contributed by atoms with Crippen LogP contribution in [0.4, 0.5) is 10.1 Å². The normalized spacial score (nSPS) is 12.2. The topological polar surface area (TPSA) is 12.0 Å². The fourth-order valence-electron chi connectivity index (χ4n) is 2.21. The molecule has 0 aliphatic heterocycles. The van der Waals surface area contributed by atoms with E-state index in [9.17, 15) is 4.39 Å². The number of thioether (sulfide) groups is 1. The Morgan fingerprint density at radius 2 is 1.75 bits per heavy atom. The van der Waals surface area contributed by atoms with Crippen LogP contribution in [0.25, 0.3) is 0 Å². The predicted molar refractivity (Wildman–Crippen MR) is 85.9 cm³/mol. The standard InChI is InChI=1S/C17H20FNS/c1-3-15(13-9-5-6-10-14(13)18)19-16-11-7-8-12-17(16)20-4-2/h5-12,15,19H,3-4H2,1-2H3. The Balaban J connectivity index is 2.25. The minimum Gasteiger partial charge on any atom is -0.377 e. The zero-order valence-electron chi connectivity index (χ0n) is 11.9. The van der Waals surface area contributed by atoms with Crippen molar-refractivity contribution < 1.29 is 4.39 Å². The minimum atomic E-state index is -0.146. The predicted octanol–water partition coefficient (Wildman–Crippen LogP) is 5.50. The van der Waals surface area contributed by atoms with Gasteiger partial charge in [-0.2, -0.15) is 0 Å². The third-order valence-electron chi connectivity index (χ3n) is 3.21. The van der Waals surface area contributed by atoms with Crippen LogP contribution in [0.2, 0.25) is 0 Å². The molecular formula is C17H20FNS. The van der Waals surface area contributed by atoms with E-state index >= 15 is 0 Å². The molecular weight excluding hydrogens is 269 g/mol. The van der Waals surface area contributed by atoms with E-state index in [1.165, 1.54) is 11.0 Å². The van der Waals surface area contributed by atoms with Gasteiger partial charge in [-0.15, -0.1) is 11.8 Å². The maximum atomic E-state index is 13.9. The first kappa shape index (κ1) is 14.9. The van der Waals surface area contributed by atoms with Gasteiger partial charge < -0.3 is 5.32 Å². The van der Waals surface area contributed by atoms with E-state index in [2.05, 4.69) is 31.3 Å². The third kappa shape index (κ3) is 3.54. The number of benzene rings is 2. The molecule has 0 heterocycles. The average molecular weight is 289 g/mol. The summed E-state index contributed by atoms with van der Waals surface area (Å²) in [6.07, 6.45) is 0.839. The summed E-state index contributed by atoms with van der Waals surface area (Å²) >= 11 is 1.80. The van der Waals surface area contributed by atoms with Gasteiger partial charge in [-0.25, -0.2) is 4.39 Å². The Morgan fingerprint density at radius 1 is 1.05 bits per heavy atom. The maximum absolute atomic E-state index is 13.9. The SMILES string of the molecule is CCSc1ccccc1NC(CC)c1ccccc1F. The molecule has 0 spiro atoms. The summed E-state index contributed by atoms with van der Waals surface area (Å²) in [5.74, 6) is 0.877. The molecule has 0 radical (unpaired) electrons. The van der Waals surface area contributed by atoms with Gasteiger partial charge >= 0.3 is 0 Å². The highest BCUT2D eigenvalue weighted by Crippen LogP contribution is 2.31. The molecule has 1 N–H and O–H groups in total.